The van der Waals surface area contributed by atoms with E-state index in [4.69, 9.17) is 5.73 Å². The molecule has 0 bridgehead atoms. The van der Waals surface area contributed by atoms with Gasteiger partial charge in [0.05, 0.1) is 0 Å². The van der Waals surface area contributed by atoms with Crippen LogP contribution in [-0.2, 0) is 13.0 Å². The standard InChI is InChI=1S/C15H24N2/c1-2-15(9-10-16)17-11-5-8-13-6-3-4-7-14(13)12-17/h3-4,6-7,15H,2,5,8-12,16H2,1H3. The smallest absolute Gasteiger partial charge is 0.0239 e. The predicted octanol–water partition coefficient (Wildman–Crippen LogP) is 2.56. The zero-order valence-electron chi connectivity index (χ0n) is 10.9. The second-order valence-electron chi connectivity index (χ2n) is 4.98. The summed E-state index contributed by atoms with van der Waals surface area (Å²) in [7, 11) is 0. The van der Waals surface area contributed by atoms with Gasteiger partial charge in [0.2, 0.25) is 0 Å². The quantitative estimate of drug-likeness (QED) is 0.864. The van der Waals surface area contributed by atoms with E-state index in [9.17, 15) is 0 Å². The second kappa shape index (κ2) is 6.18. The minimum atomic E-state index is 0.658. The normalized spacial score (nSPS) is 18.5. The van der Waals surface area contributed by atoms with Gasteiger partial charge in [0.25, 0.3) is 0 Å². The number of nitrogens with zero attached hydrogens (tertiary/aromatic N) is 1. The Hall–Kier alpha value is -0.860. The average Bonchev–Trinajstić information content (AvgIpc) is 2.57. The van der Waals surface area contributed by atoms with Crippen LogP contribution in [0.3, 0.4) is 0 Å². The Labute approximate surface area is 105 Å². The molecule has 1 aromatic rings. The molecule has 17 heavy (non-hydrogen) atoms. The molecule has 0 aromatic heterocycles. The largest absolute Gasteiger partial charge is 0.330 e. The van der Waals surface area contributed by atoms with Crippen LogP contribution < -0.4 is 5.73 Å². The van der Waals surface area contributed by atoms with Crippen molar-refractivity contribution in [3.05, 3.63) is 35.4 Å². The molecule has 0 fully saturated rings. The summed E-state index contributed by atoms with van der Waals surface area (Å²) in [4.78, 5) is 2.62. The first-order chi connectivity index (χ1) is 8.35. The minimum absolute atomic E-state index is 0.658. The van der Waals surface area contributed by atoms with E-state index >= 15 is 0 Å². The lowest BCUT2D eigenvalue weighted by atomic mass is 10.0. The van der Waals surface area contributed by atoms with E-state index in [1.807, 2.05) is 0 Å². The fraction of sp³-hybridized carbons (Fsp3) is 0.600. The first kappa shape index (κ1) is 12.6. The van der Waals surface area contributed by atoms with Crippen molar-refractivity contribution in [2.24, 2.45) is 5.73 Å². The van der Waals surface area contributed by atoms with E-state index in [1.54, 1.807) is 0 Å². The third kappa shape index (κ3) is 3.08. The zero-order chi connectivity index (χ0) is 12.1. The highest BCUT2D eigenvalue weighted by Crippen LogP contribution is 2.21. The molecule has 1 unspecified atom stereocenters. The molecule has 1 atom stereocenters. The molecule has 1 heterocycles. The first-order valence-electron chi connectivity index (χ1n) is 6.86. The van der Waals surface area contributed by atoms with Crippen LogP contribution in [0.15, 0.2) is 24.3 Å². The van der Waals surface area contributed by atoms with Crippen LogP contribution >= 0.6 is 0 Å². The Kier molecular flexibility index (Phi) is 4.57. The van der Waals surface area contributed by atoms with E-state index in [1.165, 1.54) is 36.9 Å². The third-order valence-electron chi connectivity index (χ3n) is 3.87. The molecule has 0 aliphatic carbocycles. The van der Waals surface area contributed by atoms with E-state index in [2.05, 4.69) is 36.1 Å². The van der Waals surface area contributed by atoms with E-state index < -0.39 is 0 Å². The van der Waals surface area contributed by atoms with Crippen molar-refractivity contribution in [3.63, 3.8) is 0 Å². The van der Waals surface area contributed by atoms with E-state index in [0.29, 0.717) is 6.04 Å². The summed E-state index contributed by atoms with van der Waals surface area (Å²) in [5, 5.41) is 0. The summed E-state index contributed by atoms with van der Waals surface area (Å²) in [6, 6.07) is 9.54. The minimum Gasteiger partial charge on any atom is -0.330 e. The van der Waals surface area contributed by atoms with Gasteiger partial charge in [-0.2, -0.15) is 0 Å². The van der Waals surface area contributed by atoms with E-state index in [-0.39, 0.29) is 0 Å². The topological polar surface area (TPSA) is 29.3 Å². The Bertz CT molecular complexity index is 349. The molecule has 0 amide bonds. The maximum Gasteiger partial charge on any atom is 0.0239 e. The molecule has 94 valence electrons. The molecule has 2 N–H and O–H groups in total. The number of rotatable bonds is 4. The monoisotopic (exact) mass is 232 g/mol. The van der Waals surface area contributed by atoms with Crippen LogP contribution in [0.5, 0.6) is 0 Å². The van der Waals surface area contributed by atoms with Gasteiger partial charge in [0.1, 0.15) is 0 Å². The van der Waals surface area contributed by atoms with Crippen molar-refractivity contribution < 1.29 is 0 Å². The van der Waals surface area contributed by atoms with Crippen molar-refractivity contribution in [2.45, 2.75) is 45.2 Å². The summed E-state index contributed by atoms with van der Waals surface area (Å²) >= 11 is 0. The lowest BCUT2D eigenvalue weighted by Gasteiger charge is -2.29. The summed E-state index contributed by atoms with van der Waals surface area (Å²) in [6.07, 6.45) is 4.84. The molecule has 1 aliphatic rings. The van der Waals surface area contributed by atoms with Crippen LogP contribution in [-0.4, -0.2) is 24.0 Å². The molecule has 2 heteroatoms. The van der Waals surface area contributed by atoms with Crippen molar-refractivity contribution in [1.82, 2.24) is 4.90 Å². The maximum absolute atomic E-state index is 5.72. The van der Waals surface area contributed by atoms with Gasteiger partial charge in [-0.1, -0.05) is 31.2 Å². The van der Waals surface area contributed by atoms with E-state index in [0.717, 1.165) is 19.5 Å². The van der Waals surface area contributed by atoms with Crippen LogP contribution in [0, 0.1) is 0 Å². The summed E-state index contributed by atoms with van der Waals surface area (Å²) in [6.45, 7) is 5.40. The fourth-order valence-corrected chi connectivity index (χ4v) is 2.88. The second-order valence-corrected chi connectivity index (χ2v) is 4.98. The Morgan fingerprint density at radius 1 is 1.29 bits per heavy atom. The Balaban J connectivity index is 2.11. The number of fused-ring (bicyclic) bond motifs is 1. The SMILES string of the molecule is CCC(CCN)N1CCCc2ccccc2C1. The van der Waals surface area contributed by atoms with Crippen LogP contribution in [0.4, 0.5) is 0 Å². The Morgan fingerprint density at radius 3 is 2.76 bits per heavy atom. The van der Waals surface area contributed by atoms with Gasteiger partial charge in [-0.3, -0.25) is 4.90 Å². The van der Waals surface area contributed by atoms with Gasteiger partial charge in [0.15, 0.2) is 0 Å². The fourth-order valence-electron chi connectivity index (χ4n) is 2.88. The lowest BCUT2D eigenvalue weighted by Crippen LogP contribution is -2.36. The van der Waals surface area contributed by atoms with Crippen LogP contribution in [0.2, 0.25) is 0 Å². The zero-order valence-corrected chi connectivity index (χ0v) is 10.9. The molecule has 0 radical (unpaired) electrons. The van der Waals surface area contributed by atoms with Crippen molar-refractivity contribution in [1.29, 1.82) is 0 Å². The number of aryl methyl sites for hydroxylation is 1. The molecule has 1 aromatic carbocycles. The first-order valence-corrected chi connectivity index (χ1v) is 6.86. The van der Waals surface area contributed by atoms with Crippen LogP contribution in [0.1, 0.15) is 37.3 Å². The molecule has 0 saturated heterocycles. The molecule has 2 nitrogen and oxygen atoms in total. The lowest BCUT2D eigenvalue weighted by molar-refractivity contribution is 0.177. The predicted molar refractivity (Wildman–Crippen MR) is 72.9 cm³/mol. The maximum atomic E-state index is 5.72. The van der Waals surface area contributed by atoms with Gasteiger partial charge >= 0.3 is 0 Å². The summed E-state index contributed by atoms with van der Waals surface area (Å²) in [5.41, 5.74) is 8.77. The highest BCUT2D eigenvalue weighted by atomic mass is 15.2. The van der Waals surface area contributed by atoms with Gasteiger partial charge < -0.3 is 5.73 Å². The number of benzene rings is 1. The third-order valence-corrected chi connectivity index (χ3v) is 3.87. The van der Waals surface area contributed by atoms with Crippen LogP contribution in [0.25, 0.3) is 0 Å². The number of hydrogen-bond acceptors (Lipinski definition) is 2. The molecule has 0 spiro atoms. The van der Waals surface area contributed by atoms with Crippen molar-refractivity contribution in [2.75, 3.05) is 13.1 Å². The molecular weight excluding hydrogens is 208 g/mol. The number of nitrogens with two attached hydrogens (primary N) is 1. The summed E-state index contributed by atoms with van der Waals surface area (Å²) < 4.78 is 0. The Morgan fingerprint density at radius 2 is 2.06 bits per heavy atom. The number of hydrogen-bond donors (Lipinski definition) is 1. The molecule has 1 aliphatic heterocycles. The van der Waals surface area contributed by atoms with Gasteiger partial charge in [-0.05, 0) is 49.9 Å². The molecular formula is C15H24N2. The van der Waals surface area contributed by atoms with Gasteiger partial charge in [-0.25, -0.2) is 0 Å². The average molecular weight is 232 g/mol. The summed E-state index contributed by atoms with van der Waals surface area (Å²) in [5.74, 6) is 0. The highest BCUT2D eigenvalue weighted by molar-refractivity contribution is 5.28. The highest BCUT2D eigenvalue weighted by Gasteiger charge is 2.19. The van der Waals surface area contributed by atoms with Gasteiger partial charge in [-0.15, -0.1) is 0 Å². The van der Waals surface area contributed by atoms with Gasteiger partial charge in [0, 0.05) is 12.6 Å². The molecule has 0 saturated carbocycles. The van der Waals surface area contributed by atoms with Crippen molar-refractivity contribution >= 4 is 0 Å². The van der Waals surface area contributed by atoms with Crippen molar-refractivity contribution in [3.8, 4) is 0 Å². The molecule has 2 rings (SSSR count).